The van der Waals surface area contributed by atoms with Gasteiger partial charge in [0.15, 0.2) is 0 Å². The Hall–Kier alpha value is -2.37. The van der Waals surface area contributed by atoms with Crippen molar-refractivity contribution in [1.82, 2.24) is 0 Å². The molecular weight excluding hydrogens is 300 g/mol. The Labute approximate surface area is 134 Å². The maximum absolute atomic E-state index is 12.1. The summed E-state index contributed by atoms with van der Waals surface area (Å²) in [6.45, 7) is 1.31. The van der Waals surface area contributed by atoms with Crippen LogP contribution < -0.4 is 0 Å². The van der Waals surface area contributed by atoms with Crippen LogP contribution >= 0.6 is 0 Å². The molecule has 0 amide bonds. The van der Waals surface area contributed by atoms with Gasteiger partial charge in [0, 0.05) is 13.3 Å². The molecule has 1 aromatic carbocycles. The van der Waals surface area contributed by atoms with Crippen LogP contribution in [0.3, 0.4) is 0 Å². The molecule has 124 valence electrons. The van der Waals surface area contributed by atoms with Crippen LogP contribution in [0.1, 0.15) is 36.5 Å². The fourth-order valence-electron chi connectivity index (χ4n) is 2.80. The first kappa shape index (κ1) is 17.0. The number of carbonyl (C=O) groups excluding carboxylic acids is 3. The minimum Gasteiger partial charge on any atom is -0.469 e. The number of carbonyl (C=O) groups is 3. The van der Waals surface area contributed by atoms with Crippen LogP contribution in [0, 0.1) is 5.92 Å². The first-order valence-corrected chi connectivity index (χ1v) is 7.50. The largest absolute Gasteiger partial charge is 0.469 e. The Morgan fingerprint density at radius 2 is 1.57 bits per heavy atom. The van der Waals surface area contributed by atoms with E-state index >= 15 is 0 Å². The molecule has 1 aliphatic rings. The summed E-state index contributed by atoms with van der Waals surface area (Å²) in [5.74, 6) is -1.72. The molecule has 3 atom stereocenters. The van der Waals surface area contributed by atoms with Crippen LogP contribution in [0.25, 0.3) is 0 Å². The molecule has 0 N–H and O–H groups in total. The Morgan fingerprint density at radius 1 is 0.957 bits per heavy atom. The van der Waals surface area contributed by atoms with Crippen molar-refractivity contribution in [2.45, 2.75) is 38.4 Å². The summed E-state index contributed by atoms with van der Waals surface area (Å²) < 4.78 is 15.4. The Bertz CT molecular complexity index is 568. The van der Waals surface area contributed by atoms with Crippen LogP contribution in [-0.4, -0.2) is 37.2 Å². The Balaban J connectivity index is 2.05. The highest BCUT2D eigenvalue weighted by molar-refractivity contribution is 5.89. The van der Waals surface area contributed by atoms with Crippen molar-refractivity contribution < 1.29 is 28.6 Å². The normalized spacial score (nSPS) is 23.7. The second kappa shape index (κ2) is 7.76. The van der Waals surface area contributed by atoms with Gasteiger partial charge in [-0.3, -0.25) is 9.59 Å². The van der Waals surface area contributed by atoms with Crippen molar-refractivity contribution in [3.63, 3.8) is 0 Å². The highest BCUT2D eigenvalue weighted by Gasteiger charge is 2.37. The molecule has 0 radical (unpaired) electrons. The third-order valence-electron chi connectivity index (χ3n) is 3.77. The van der Waals surface area contributed by atoms with E-state index < -0.39 is 30.1 Å². The average molecular weight is 320 g/mol. The van der Waals surface area contributed by atoms with Gasteiger partial charge in [-0.25, -0.2) is 4.79 Å². The smallest absolute Gasteiger partial charge is 0.338 e. The molecule has 0 aliphatic heterocycles. The molecule has 0 bridgehead atoms. The quantitative estimate of drug-likeness (QED) is 0.624. The Kier molecular flexibility index (Phi) is 5.73. The SMILES string of the molecule is COC(=O)C1C[C@H](OC(C)=O)C[C@@H](OC(=O)c2ccccc2)C1. The first-order chi connectivity index (χ1) is 11.0. The molecule has 1 aliphatic carbocycles. The number of hydrogen-bond acceptors (Lipinski definition) is 6. The molecule has 2 rings (SSSR count). The lowest BCUT2D eigenvalue weighted by atomic mass is 9.85. The molecule has 6 nitrogen and oxygen atoms in total. The monoisotopic (exact) mass is 320 g/mol. The van der Waals surface area contributed by atoms with Crippen LogP contribution in [0.5, 0.6) is 0 Å². The van der Waals surface area contributed by atoms with Crippen molar-refractivity contribution in [3.05, 3.63) is 35.9 Å². The zero-order valence-corrected chi connectivity index (χ0v) is 13.2. The van der Waals surface area contributed by atoms with Gasteiger partial charge < -0.3 is 14.2 Å². The zero-order valence-electron chi connectivity index (χ0n) is 13.2. The summed E-state index contributed by atoms with van der Waals surface area (Å²) in [4.78, 5) is 35.1. The average Bonchev–Trinajstić information content (AvgIpc) is 2.54. The lowest BCUT2D eigenvalue weighted by Crippen LogP contribution is -2.38. The predicted molar refractivity (Wildman–Crippen MR) is 80.6 cm³/mol. The van der Waals surface area contributed by atoms with Gasteiger partial charge in [-0.15, -0.1) is 0 Å². The number of ether oxygens (including phenoxy) is 3. The summed E-state index contributed by atoms with van der Waals surface area (Å²) in [7, 11) is 1.31. The van der Waals surface area contributed by atoms with Crippen molar-refractivity contribution in [3.8, 4) is 0 Å². The van der Waals surface area contributed by atoms with E-state index in [0.717, 1.165) is 0 Å². The van der Waals surface area contributed by atoms with Crippen molar-refractivity contribution in [2.75, 3.05) is 7.11 Å². The molecule has 0 spiro atoms. The van der Waals surface area contributed by atoms with Crippen molar-refractivity contribution in [2.24, 2.45) is 5.92 Å². The molecule has 0 saturated heterocycles. The lowest BCUT2D eigenvalue weighted by molar-refractivity contribution is -0.159. The number of esters is 3. The molecule has 0 heterocycles. The van der Waals surface area contributed by atoms with Crippen molar-refractivity contribution >= 4 is 17.9 Å². The van der Waals surface area contributed by atoms with Crippen LogP contribution in [0.2, 0.25) is 0 Å². The van der Waals surface area contributed by atoms with Crippen LogP contribution in [0.15, 0.2) is 30.3 Å². The highest BCUT2D eigenvalue weighted by Crippen LogP contribution is 2.30. The van der Waals surface area contributed by atoms with Gasteiger partial charge in [-0.1, -0.05) is 18.2 Å². The zero-order chi connectivity index (χ0) is 16.8. The van der Waals surface area contributed by atoms with Gasteiger partial charge >= 0.3 is 17.9 Å². The van der Waals surface area contributed by atoms with E-state index in [1.807, 2.05) is 0 Å². The van der Waals surface area contributed by atoms with Crippen molar-refractivity contribution in [1.29, 1.82) is 0 Å². The summed E-state index contributed by atoms with van der Waals surface area (Å²) in [5.41, 5.74) is 0.441. The minimum atomic E-state index is -0.495. The highest BCUT2D eigenvalue weighted by atomic mass is 16.6. The lowest BCUT2D eigenvalue weighted by Gasteiger charge is -2.32. The van der Waals surface area contributed by atoms with Crippen LogP contribution in [0.4, 0.5) is 0 Å². The predicted octanol–water partition coefficient (Wildman–Crippen LogP) is 2.12. The fraction of sp³-hybridized carbons (Fsp3) is 0.471. The van der Waals surface area contributed by atoms with Gasteiger partial charge in [0.25, 0.3) is 0 Å². The number of hydrogen-bond donors (Lipinski definition) is 0. The van der Waals surface area contributed by atoms with Gasteiger partial charge in [-0.05, 0) is 25.0 Å². The van der Waals surface area contributed by atoms with E-state index in [1.54, 1.807) is 30.3 Å². The van der Waals surface area contributed by atoms with Crippen LogP contribution in [-0.2, 0) is 23.8 Å². The fourth-order valence-corrected chi connectivity index (χ4v) is 2.80. The number of benzene rings is 1. The molecule has 1 saturated carbocycles. The molecule has 1 unspecified atom stereocenters. The molecule has 0 aromatic heterocycles. The summed E-state index contributed by atoms with van der Waals surface area (Å²) in [6.07, 6.45) is 0.171. The van der Waals surface area contributed by atoms with E-state index in [2.05, 4.69) is 0 Å². The number of methoxy groups -OCH3 is 1. The van der Waals surface area contributed by atoms with Gasteiger partial charge in [-0.2, -0.15) is 0 Å². The van der Waals surface area contributed by atoms with Gasteiger partial charge in [0.1, 0.15) is 12.2 Å². The van der Waals surface area contributed by atoms with E-state index in [4.69, 9.17) is 14.2 Å². The Morgan fingerprint density at radius 3 is 2.13 bits per heavy atom. The third-order valence-corrected chi connectivity index (χ3v) is 3.77. The van der Waals surface area contributed by atoms with E-state index in [1.165, 1.54) is 14.0 Å². The summed E-state index contributed by atoms with van der Waals surface area (Å²) in [6, 6.07) is 8.62. The number of rotatable bonds is 4. The van der Waals surface area contributed by atoms with E-state index in [0.29, 0.717) is 24.8 Å². The molecular formula is C17H20O6. The van der Waals surface area contributed by atoms with E-state index in [9.17, 15) is 14.4 Å². The molecule has 6 heteroatoms. The molecule has 23 heavy (non-hydrogen) atoms. The molecule has 1 aromatic rings. The summed E-state index contributed by atoms with van der Waals surface area (Å²) in [5, 5.41) is 0. The second-order valence-corrected chi connectivity index (χ2v) is 5.55. The minimum absolute atomic E-state index is 0.364. The van der Waals surface area contributed by atoms with E-state index in [-0.39, 0.29) is 5.97 Å². The third kappa shape index (κ3) is 4.81. The maximum Gasteiger partial charge on any atom is 0.338 e. The van der Waals surface area contributed by atoms with Gasteiger partial charge in [0.2, 0.25) is 0 Å². The standard InChI is InChI=1S/C17H20O6/c1-11(18)22-14-8-13(16(19)21-2)9-15(10-14)23-17(20)12-6-4-3-5-7-12/h3-7,13-15H,8-10H2,1-2H3/t13?,14-,15-/m0/s1. The maximum atomic E-state index is 12.1. The first-order valence-electron chi connectivity index (χ1n) is 7.50. The summed E-state index contributed by atoms with van der Waals surface area (Å²) >= 11 is 0. The van der Waals surface area contributed by atoms with Gasteiger partial charge in [0.05, 0.1) is 18.6 Å². The topological polar surface area (TPSA) is 78.9 Å². The molecule has 1 fully saturated rings. The second-order valence-electron chi connectivity index (χ2n) is 5.55.